The molecule has 1 fully saturated rings. The van der Waals surface area contributed by atoms with Gasteiger partial charge in [-0.15, -0.1) is 0 Å². The van der Waals surface area contributed by atoms with E-state index in [1.54, 1.807) is 12.3 Å². The molecule has 4 nitrogen and oxygen atoms in total. The predicted molar refractivity (Wildman–Crippen MR) is 68.2 cm³/mol. The number of carbonyl (C=O) groups excluding carboxylic acids is 1. The van der Waals surface area contributed by atoms with Gasteiger partial charge in [0.15, 0.2) is 0 Å². The average Bonchev–Trinajstić information content (AvgIpc) is 3.02. The molecule has 1 aliphatic carbocycles. The Labute approximate surface area is 106 Å². The third kappa shape index (κ3) is 2.64. The quantitative estimate of drug-likeness (QED) is 0.840. The van der Waals surface area contributed by atoms with E-state index in [0.29, 0.717) is 23.8 Å². The van der Waals surface area contributed by atoms with Crippen LogP contribution in [0.2, 0.25) is 5.02 Å². The number of aryl methyl sites for hydroxylation is 1. The fourth-order valence-corrected chi connectivity index (χ4v) is 2.14. The van der Waals surface area contributed by atoms with E-state index in [1.165, 1.54) is 0 Å². The maximum atomic E-state index is 12.0. The topological polar surface area (TPSA) is 60.0 Å². The van der Waals surface area contributed by atoms with Crippen LogP contribution in [0.1, 0.15) is 30.3 Å². The molecule has 1 amide bonds. The van der Waals surface area contributed by atoms with E-state index in [9.17, 15) is 4.79 Å². The molecule has 1 aromatic rings. The van der Waals surface area contributed by atoms with Gasteiger partial charge in [-0.1, -0.05) is 11.6 Å². The van der Waals surface area contributed by atoms with E-state index in [4.69, 9.17) is 17.3 Å². The maximum absolute atomic E-state index is 12.0. The standard InChI is InChI=1S/C12H18ClN3O/c1-2-16-6-9(13)5-10(16)11(17)15-8-12(7-14)3-4-12/h5-6H,2-4,7-8,14H2,1H3,(H,15,17). The fourth-order valence-electron chi connectivity index (χ4n) is 1.91. The van der Waals surface area contributed by atoms with Crippen LogP contribution in [0, 0.1) is 5.41 Å². The summed E-state index contributed by atoms with van der Waals surface area (Å²) in [5.74, 6) is -0.0709. The average molecular weight is 256 g/mol. The first kappa shape index (κ1) is 12.5. The summed E-state index contributed by atoms with van der Waals surface area (Å²) < 4.78 is 1.85. The number of nitrogens with zero attached hydrogens (tertiary/aromatic N) is 1. The normalized spacial score (nSPS) is 16.9. The molecule has 0 aromatic carbocycles. The van der Waals surface area contributed by atoms with Gasteiger partial charge < -0.3 is 15.6 Å². The predicted octanol–water partition coefficient (Wildman–Crippen LogP) is 1.63. The zero-order valence-electron chi connectivity index (χ0n) is 10.0. The van der Waals surface area contributed by atoms with Gasteiger partial charge in [0, 0.05) is 24.7 Å². The number of nitrogens with two attached hydrogens (primary N) is 1. The maximum Gasteiger partial charge on any atom is 0.267 e. The molecule has 1 saturated carbocycles. The van der Waals surface area contributed by atoms with Gasteiger partial charge >= 0.3 is 0 Å². The van der Waals surface area contributed by atoms with E-state index in [0.717, 1.165) is 19.4 Å². The van der Waals surface area contributed by atoms with Crippen LogP contribution < -0.4 is 11.1 Å². The summed E-state index contributed by atoms with van der Waals surface area (Å²) >= 11 is 5.90. The Morgan fingerprint density at radius 2 is 2.35 bits per heavy atom. The summed E-state index contributed by atoms with van der Waals surface area (Å²) in [7, 11) is 0. The summed E-state index contributed by atoms with van der Waals surface area (Å²) in [6.45, 7) is 4.02. The van der Waals surface area contributed by atoms with E-state index in [1.807, 2.05) is 11.5 Å². The van der Waals surface area contributed by atoms with Gasteiger partial charge in [0.2, 0.25) is 0 Å². The van der Waals surface area contributed by atoms with Crippen molar-refractivity contribution in [3.8, 4) is 0 Å². The second kappa shape index (κ2) is 4.70. The van der Waals surface area contributed by atoms with Crippen molar-refractivity contribution in [1.82, 2.24) is 9.88 Å². The zero-order chi connectivity index (χ0) is 12.5. The number of carbonyl (C=O) groups is 1. The van der Waals surface area contributed by atoms with Crippen molar-refractivity contribution >= 4 is 17.5 Å². The monoisotopic (exact) mass is 255 g/mol. The van der Waals surface area contributed by atoms with Gasteiger partial charge in [-0.3, -0.25) is 4.79 Å². The largest absolute Gasteiger partial charge is 0.350 e. The van der Waals surface area contributed by atoms with Crippen LogP contribution in [0.25, 0.3) is 0 Å². The Bertz CT molecular complexity index is 423. The Balaban J connectivity index is 1.99. The molecule has 94 valence electrons. The first-order chi connectivity index (χ1) is 8.10. The molecular formula is C12H18ClN3O. The molecule has 0 unspecified atom stereocenters. The van der Waals surface area contributed by atoms with Crippen molar-refractivity contribution in [3.05, 3.63) is 23.0 Å². The molecule has 1 aliphatic rings. The lowest BCUT2D eigenvalue weighted by molar-refractivity contribution is 0.0936. The van der Waals surface area contributed by atoms with Crippen LogP contribution in [-0.4, -0.2) is 23.6 Å². The lowest BCUT2D eigenvalue weighted by Gasteiger charge is -2.13. The molecule has 17 heavy (non-hydrogen) atoms. The molecule has 0 saturated heterocycles. The summed E-state index contributed by atoms with van der Waals surface area (Å²) in [5, 5.41) is 3.54. The van der Waals surface area contributed by atoms with Gasteiger partial charge in [0.1, 0.15) is 5.69 Å². The second-order valence-electron chi connectivity index (χ2n) is 4.72. The minimum Gasteiger partial charge on any atom is -0.350 e. The van der Waals surface area contributed by atoms with Gasteiger partial charge in [-0.2, -0.15) is 0 Å². The van der Waals surface area contributed by atoms with Crippen LogP contribution in [0.3, 0.4) is 0 Å². The highest BCUT2D eigenvalue weighted by molar-refractivity contribution is 6.31. The van der Waals surface area contributed by atoms with Crippen LogP contribution in [0.15, 0.2) is 12.3 Å². The van der Waals surface area contributed by atoms with Crippen molar-refractivity contribution < 1.29 is 4.79 Å². The summed E-state index contributed by atoms with van der Waals surface area (Å²) in [5.41, 5.74) is 6.45. The third-order valence-electron chi connectivity index (χ3n) is 3.45. The van der Waals surface area contributed by atoms with Crippen molar-refractivity contribution in [1.29, 1.82) is 0 Å². The smallest absolute Gasteiger partial charge is 0.267 e. The molecule has 0 bridgehead atoms. The highest BCUT2D eigenvalue weighted by atomic mass is 35.5. The minimum atomic E-state index is -0.0709. The minimum absolute atomic E-state index is 0.0709. The van der Waals surface area contributed by atoms with Crippen molar-refractivity contribution in [2.24, 2.45) is 11.1 Å². The SMILES string of the molecule is CCn1cc(Cl)cc1C(=O)NCC1(CN)CC1. The number of hydrogen-bond donors (Lipinski definition) is 2. The Morgan fingerprint density at radius 1 is 1.65 bits per heavy atom. The molecular weight excluding hydrogens is 238 g/mol. The first-order valence-corrected chi connectivity index (χ1v) is 6.32. The molecule has 3 N–H and O–H groups in total. The van der Waals surface area contributed by atoms with Crippen LogP contribution >= 0.6 is 11.6 Å². The molecule has 0 radical (unpaired) electrons. The van der Waals surface area contributed by atoms with E-state index >= 15 is 0 Å². The summed E-state index contributed by atoms with van der Waals surface area (Å²) in [6, 6.07) is 1.70. The molecule has 1 heterocycles. The van der Waals surface area contributed by atoms with Gasteiger partial charge in [0.05, 0.1) is 5.02 Å². The number of nitrogens with one attached hydrogen (secondary N) is 1. The molecule has 5 heteroatoms. The lowest BCUT2D eigenvalue weighted by atomic mass is 10.1. The van der Waals surface area contributed by atoms with E-state index in [2.05, 4.69) is 5.32 Å². The second-order valence-corrected chi connectivity index (χ2v) is 5.15. The molecule has 1 aromatic heterocycles. The molecule has 0 atom stereocenters. The summed E-state index contributed by atoms with van der Waals surface area (Å²) in [4.78, 5) is 12.0. The third-order valence-corrected chi connectivity index (χ3v) is 3.66. The molecule has 0 spiro atoms. The van der Waals surface area contributed by atoms with Gasteiger partial charge in [-0.25, -0.2) is 0 Å². The number of amides is 1. The van der Waals surface area contributed by atoms with Crippen LogP contribution in [0.4, 0.5) is 0 Å². The highest BCUT2D eigenvalue weighted by Gasteiger charge is 2.41. The Kier molecular flexibility index (Phi) is 3.45. The summed E-state index contributed by atoms with van der Waals surface area (Å²) in [6.07, 6.45) is 3.99. The van der Waals surface area contributed by atoms with Gasteiger partial charge in [0.25, 0.3) is 5.91 Å². The van der Waals surface area contributed by atoms with E-state index in [-0.39, 0.29) is 11.3 Å². The van der Waals surface area contributed by atoms with Crippen LogP contribution in [0.5, 0.6) is 0 Å². The number of hydrogen-bond acceptors (Lipinski definition) is 2. The van der Waals surface area contributed by atoms with Crippen LogP contribution in [-0.2, 0) is 6.54 Å². The lowest BCUT2D eigenvalue weighted by Crippen LogP contribution is -2.34. The van der Waals surface area contributed by atoms with Crippen molar-refractivity contribution in [3.63, 3.8) is 0 Å². The highest BCUT2D eigenvalue weighted by Crippen LogP contribution is 2.43. The van der Waals surface area contributed by atoms with Crippen molar-refractivity contribution in [2.45, 2.75) is 26.3 Å². The number of aromatic nitrogens is 1. The Hall–Kier alpha value is -1.00. The molecule has 2 rings (SSSR count). The number of halogens is 1. The zero-order valence-corrected chi connectivity index (χ0v) is 10.8. The van der Waals surface area contributed by atoms with E-state index < -0.39 is 0 Å². The first-order valence-electron chi connectivity index (χ1n) is 5.94. The number of rotatable bonds is 5. The van der Waals surface area contributed by atoms with Gasteiger partial charge in [-0.05, 0) is 32.4 Å². The Morgan fingerprint density at radius 3 is 2.88 bits per heavy atom. The molecule has 0 aliphatic heterocycles. The fraction of sp³-hybridized carbons (Fsp3) is 0.583. The van der Waals surface area contributed by atoms with Crippen molar-refractivity contribution in [2.75, 3.05) is 13.1 Å².